The summed E-state index contributed by atoms with van der Waals surface area (Å²) in [5.74, 6) is -2.29. The largest absolute Gasteiger partial charge is 0.462 e. The smallest absolute Gasteiger partial charge is 0.323 e. The van der Waals surface area contributed by atoms with Crippen LogP contribution < -0.4 is 9.61 Å². The van der Waals surface area contributed by atoms with Gasteiger partial charge in [0.1, 0.15) is 35.4 Å². The second kappa shape index (κ2) is 12.1. The fourth-order valence-corrected chi connectivity index (χ4v) is 6.27. The molecule has 1 fully saturated rings. The molecule has 1 amide bonds. The van der Waals surface area contributed by atoms with E-state index in [9.17, 15) is 29.0 Å². The molecule has 0 bridgehead atoms. The van der Waals surface area contributed by atoms with E-state index in [0.717, 1.165) is 11.0 Å². The maximum atomic E-state index is 13.6. The van der Waals surface area contributed by atoms with Crippen molar-refractivity contribution < 1.29 is 47.5 Å². The van der Waals surface area contributed by atoms with Crippen molar-refractivity contribution in [2.24, 2.45) is 0 Å². The van der Waals surface area contributed by atoms with Crippen molar-refractivity contribution in [3.63, 3.8) is 0 Å². The van der Waals surface area contributed by atoms with E-state index in [-0.39, 0.29) is 10.8 Å². The first-order valence-corrected chi connectivity index (χ1v) is 14.6. The number of aliphatic hydroxyl groups excluding tert-OH is 1. The molecule has 0 spiro atoms. The first kappa shape index (κ1) is 30.6. The number of ether oxygens (including phenoxy) is 2. The lowest BCUT2D eigenvalue weighted by atomic mass is 9.95. The Morgan fingerprint density at radius 3 is 2.68 bits per heavy atom. The third-order valence-electron chi connectivity index (χ3n) is 5.62. The highest BCUT2D eigenvalue weighted by Crippen LogP contribution is 2.47. The molecule has 0 saturated carbocycles. The zero-order valence-electron chi connectivity index (χ0n) is 21.0. The average Bonchev–Trinajstić information content (AvgIpc) is 3.03. The lowest BCUT2D eigenvalue weighted by Gasteiger charge is -2.34. The minimum atomic E-state index is -3.63. The number of esters is 1. The van der Waals surface area contributed by atoms with Gasteiger partial charge in [-0.25, -0.2) is 9.48 Å². The molecule has 2 aliphatic rings. The summed E-state index contributed by atoms with van der Waals surface area (Å²) in [6.07, 6.45) is -2.53. The number of amides is 1. The second-order valence-electron chi connectivity index (χ2n) is 9.25. The van der Waals surface area contributed by atoms with Crippen molar-refractivity contribution in [1.82, 2.24) is 9.99 Å². The molecular formula is C23H29ClFN2O9PS. The number of aliphatic hydroxyl groups is 2. The second-order valence-corrected chi connectivity index (χ2v) is 12.8. The molecule has 15 heteroatoms. The molecule has 2 aliphatic heterocycles. The fraction of sp³-hybridized carbons (Fsp3) is 0.522. The summed E-state index contributed by atoms with van der Waals surface area (Å²) in [6.45, 7) is 2.03. The number of ketones is 1. The van der Waals surface area contributed by atoms with Gasteiger partial charge in [-0.05, 0) is 57.7 Å². The molecule has 6 atom stereocenters. The standard InChI is InChI=1S/C23H29ClFN2O9PS/c1-12(2)34-21(31)13(3)26-37(38,36-15-5-6-17(25)16(24)10-15)33-11-18-20(30)23(4,32)22(35-18)27-8-7-14(28)9-19(27)29/h5-8,10,12-13,18,20,22,30,32H,9,11H2,1-4H3,(H,26,38)/t13-,18+,20+,22+,23+,37?/m0/s1. The van der Waals surface area contributed by atoms with Crippen molar-refractivity contribution in [2.75, 3.05) is 6.61 Å². The Morgan fingerprint density at radius 1 is 1.39 bits per heavy atom. The van der Waals surface area contributed by atoms with Gasteiger partial charge in [-0.2, -0.15) is 0 Å². The molecule has 1 aromatic rings. The van der Waals surface area contributed by atoms with Crippen LogP contribution in [-0.2, 0) is 40.2 Å². The molecule has 210 valence electrons. The van der Waals surface area contributed by atoms with Crippen LogP contribution in [0.15, 0.2) is 30.5 Å². The number of benzene rings is 1. The van der Waals surface area contributed by atoms with Gasteiger partial charge in [0.05, 0.1) is 24.2 Å². The number of allylic oxidation sites excluding steroid dienone is 1. The molecule has 1 aromatic carbocycles. The molecule has 1 saturated heterocycles. The Hall–Kier alpha value is -1.96. The van der Waals surface area contributed by atoms with Crippen LogP contribution in [0, 0.1) is 5.82 Å². The van der Waals surface area contributed by atoms with Crippen LogP contribution in [0.4, 0.5) is 4.39 Å². The van der Waals surface area contributed by atoms with Crippen molar-refractivity contribution >= 4 is 47.7 Å². The van der Waals surface area contributed by atoms with Crippen LogP contribution in [0.2, 0.25) is 5.02 Å². The van der Waals surface area contributed by atoms with Crippen LogP contribution >= 0.6 is 18.2 Å². The van der Waals surface area contributed by atoms with Crippen LogP contribution in [-0.4, -0.2) is 75.6 Å². The summed E-state index contributed by atoms with van der Waals surface area (Å²) in [7, 11) is 0. The fourth-order valence-electron chi connectivity index (χ4n) is 3.69. The third-order valence-corrected chi connectivity index (χ3v) is 8.41. The van der Waals surface area contributed by atoms with Crippen LogP contribution in [0.3, 0.4) is 0 Å². The molecule has 38 heavy (non-hydrogen) atoms. The van der Waals surface area contributed by atoms with Gasteiger partial charge in [0, 0.05) is 12.3 Å². The van der Waals surface area contributed by atoms with Crippen molar-refractivity contribution in [3.8, 4) is 5.75 Å². The predicted octanol–water partition coefficient (Wildman–Crippen LogP) is 2.18. The number of carbonyl (C=O) groups is 3. The summed E-state index contributed by atoms with van der Waals surface area (Å²) in [5.41, 5.74) is -1.94. The Labute approximate surface area is 229 Å². The molecule has 0 radical (unpaired) electrons. The molecule has 1 unspecified atom stereocenters. The third kappa shape index (κ3) is 7.16. The lowest BCUT2D eigenvalue weighted by molar-refractivity contribution is -0.158. The van der Waals surface area contributed by atoms with E-state index in [0.29, 0.717) is 0 Å². The van der Waals surface area contributed by atoms with E-state index >= 15 is 0 Å². The van der Waals surface area contributed by atoms with Gasteiger partial charge in [0.25, 0.3) is 0 Å². The summed E-state index contributed by atoms with van der Waals surface area (Å²) in [4.78, 5) is 37.3. The number of carbonyl (C=O) groups excluding carboxylic acids is 3. The van der Waals surface area contributed by atoms with E-state index in [4.69, 9.17) is 41.9 Å². The first-order valence-electron chi connectivity index (χ1n) is 11.6. The number of halogens is 2. The minimum Gasteiger partial charge on any atom is -0.462 e. The summed E-state index contributed by atoms with van der Waals surface area (Å²) < 4.78 is 36.2. The van der Waals surface area contributed by atoms with Crippen LogP contribution in [0.25, 0.3) is 0 Å². The zero-order valence-corrected chi connectivity index (χ0v) is 23.5. The van der Waals surface area contributed by atoms with Crippen LogP contribution in [0.5, 0.6) is 5.75 Å². The van der Waals surface area contributed by atoms with Crippen LogP contribution in [0.1, 0.15) is 34.1 Å². The van der Waals surface area contributed by atoms with Gasteiger partial charge in [0.15, 0.2) is 12.0 Å². The van der Waals surface area contributed by atoms with Gasteiger partial charge >= 0.3 is 12.6 Å². The molecular weight excluding hydrogens is 566 g/mol. The molecule has 2 heterocycles. The molecule has 3 N–H and O–H groups in total. The zero-order chi connectivity index (χ0) is 28.4. The maximum absolute atomic E-state index is 13.6. The summed E-state index contributed by atoms with van der Waals surface area (Å²) in [5, 5.41) is 24.3. The highest BCUT2D eigenvalue weighted by atomic mass is 35.5. The van der Waals surface area contributed by atoms with Crippen molar-refractivity contribution in [3.05, 3.63) is 41.3 Å². The SMILES string of the molecule is CC(C)OC(=O)[C@H](C)NP(=S)(OC[C@H]1O[C@@H](N2C=CC(=O)CC2=O)[C@](C)(O)[C@@H]1O)Oc1ccc(F)c(Cl)c1. The Kier molecular flexibility index (Phi) is 9.70. The Bertz CT molecular complexity index is 1170. The first-order chi connectivity index (χ1) is 17.6. The predicted molar refractivity (Wildman–Crippen MR) is 137 cm³/mol. The molecule has 11 nitrogen and oxygen atoms in total. The maximum Gasteiger partial charge on any atom is 0.323 e. The quantitative estimate of drug-likeness (QED) is 0.208. The van der Waals surface area contributed by atoms with Crippen molar-refractivity contribution in [1.29, 1.82) is 0 Å². The molecule has 3 rings (SSSR count). The Balaban J connectivity index is 1.80. The Morgan fingerprint density at radius 2 is 2.08 bits per heavy atom. The van der Waals surface area contributed by atoms with E-state index in [1.165, 1.54) is 38.3 Å². The van der Waals surface area contributed by atoms with Gasteiger partial charge in [0.2, 0.25) is 5.91 Å². The number of rotatable bonds is 10. The van der Waals surface area contributed by atoms with E-state index < -0.39 is 79.3 Å². The molecule has 0 aromatic heterocycles. The normalized spacial score (nSPS) is 27.9. The highest BCUT2D eigenvalue weighted by molar-refractivity contribution is 8.09. The monoisotopic (exact) mass is 594 g/mol. The highest BCUT2D eigenvalue weighted by Gasteiger charge is 2.55. The number of nitrogens with zero attached hydrogens (tertiary/aromatic N) is 1. The van der Waals surface area contributed by atoms with Gasteiger partial charge in [-0.15, -0.1) is 0 Å². The minimum absolute atomic E-state index is 0.0446. The lowest BCUT2D eigenvalue weighted by Crippen LogP contribution is -2.54. The molecule has 0 aliphatic carbocycles. The topological polar surface area (TPSA) is 144 Å². The summed E-state index contributed by atoms with van der Waals surface area (Å²) in [6, 6.07) is 2.52. The van der Waals surface area contributed by atoms with Gasteiger partial charge in [-0.1, -0.05) is 11.6 Å². The van der Waals surface area contributed by atoms with Crippen molar-refractivity contribution in [2.45, 2.75) is 70.3 Å². The van der Waals surface area contributed by atoms with E-state index in [2.05, 4.69) is 5.09 Å². The number of hydrogen-bond donors (Lipinski definition) is 3. The number of nitrogens with one attached hydrogen (secondary N) is 1. The average molecular weight is 595 g/mol. The van der Waals surface area contributed by atoms with Gasteiger partial charge in [-0.3, -0.25) is 19.3 Å². The van der Waals surface area contributed by atoms with E-state index in [1.807, 2.05) is 0 Å². The van der Waals surface area contributed by atoms with Gasteiger partial charge < -0.3 is 28.7 Å². The number of hydrogen-bond acceptors (Lipinski definition) is 10. The van der Waals surface area contributed by atoms with E-state index in [1.54, 1.807) is 13.8 Å². The summed E-state index contributed by atoms with van der Waals surface area (Å²) >= 11 is 11.4.